The molecule has 0 aliphatic heterocycles. The minimum atomic E-state index is -0.413. The van der Waals surface area contributed by atoms with Gasteiger partial charge in [-0.15, -0.1) is 0 Å². The number of benzene rings is 3. The number of hydrogen-bond donors (Lipinski definition) is 1. The summed E-state index contributed by atoms with van der Waals surface area (Å²) in [6.07, 6.45) is 2.44. The Kier molecular flexibility index (Phi) is 7.54. The molecule has 0 heterocycles. The summed E-state index contributed by atoms with van der Waals surface area (Å²) in [7, 11) is 0. The molecule has 0 radical (unpaired) electrons. The van der Waals surface area contributed by atoms with Crippen LogP contribution in [0.5, 0.6) is 11.5 Å². The molecule has 0 spiro atoms. The molecule has 0 atom stereocenters. The van der Waals surface area contributed by atoms with Crippen molar-refractivity contribution in [3.05, 3.63) is 95.1 Å². The van der Waals surface area contributed by atoms with Gasteiger partial charge < -0.3 is 9.47 Å². The molecule has 1 amide bonds. The second-order valence-corrected chi connectivity index (χ2v) is 6.90. The maximum atomic E-state index is 12.2. The second-order valence-electron chi connectivity index (χ2n) is 6.90. The summed E-state index contributed by atoms with van der Waals surface area (Å²) >= 11 is 0. The van der Waals surface area contributed by atoms with Gasteiger partial charge in [0.2, 0.25) is 0 Å². The monoisotopic (exact) mass is 416 g/mol. The quantitative estimate of drug-likeness (QED) is 0.248. The predicted molar refractivity (Wildman–Crippen MR) is 120 cm³/mol. The van der Waals surface area contributed by atoms with Crippen LogP contribution in [0.4, 0.5) is 0 Å². The van der Waals surface area contributed by atoms with Gasteiger partial charge in [-0.25, -0.2) is 10.2 Å². The summed E-state index contributed by atoms with van der Waals surface area (Å²) in [5, 5.41) is 3.97. The lowest BCUT2D eigenvalue weighted by Gasteiger charge is -2.06. The van der Waals surface area contributed by atoms with Crippen molar-refractivity contribution in [3.63, 3.8) is 0 Å². The number of hydrazone groups is 1. The molecule has 0 saturated heterocycles. The lowest BCUT2D eigenvalue weighted by molar-refractivity contribution is 0.0734. The summed E-state index contributed by atoms with van der Waals surface area (Å²) in [6, 6.07) is 20.9. The standard InChI is InChI=1S/C25H24N2O4/c1-3-15-30-22-13-9-20(10-14-22)24(28)27-26-17-19-7-11-23(12-8-19)31-25(29)21-6-4-5-18(2)16-21/h4-14,16-17H,3,15H2,1-2H3,(H,27,28). The average Bonchev–Trinajstić information content (AvgIpc) is 2.79. The lowest BCUT2D eigenvalue weighted by Crippen LogP contribution is -2.17. The van der Waals surface area contributed by atoms with Crippen molar-refractivity contribution < 1.29 is 19.1 Å². The van der Waals surface area contributed by atoms with Crippen LogP contribution in [0.1, 0.15) is 45.2 Å². The van der Waals surface area contributed by atoms with Crippen LogP contribution < -0.4 is 14.9 Å². The van der Waals surface area contributed by atoms with Gasteiger partial charge in [0.15, 0.2) is 0 Å². The van der Waals surface area contributed by atoms with Crippen LogP contribution in [0.2, 0.25) is 0 Å². The van der Waals surface area contributed by atoms with Gasteiger partial charge in [0.05, 0.1) is 18.4 Å². The Morgan fingerprint density at radius 1 is 0.935 bits per heavy atom. The first-order valence-electron chi connectivity index (χ1n) is 10.0. The highest BCUT2D eigenvalue weighted by molar-refractivity contribution is 5.95. The van der Waals surface area contributed by atoms with E-state index in [1.54, 1.807) is 60.7 Å². The van der Waals surface area contributed by atoms with E-state index in [4.69, 9.17) is 9.47 Å². The van der Waals surface area contributed by atoms with Gasteiger partial charge in [-0.05, 0) is 79.6 Å². The number of nitrogens with zero attached hydrogens (tertiary/aromatic N) is 1. The van der Waals surface area contributed by atoms with Crippen molar-refractivity contribution in [1.29, 1.82) is 0 Å². The minimum Gasteiger partial charge on any atom is -0.494 e. The van der Waals surface area contributed by atoms with Crippen LogP contribution >= 0.6 is 0 Å². The number of carbonyl (C=O) groups excluding carboxylic acids is 2. The molecule has 0 fully saturated rings. The van der Waals surface area contributed by atoms with Crippen LogP contribution in [0.3, 0.4) is 0 Å². The van der Waals surface area contributed by atoms with Crippen molar-refractivity contribution in [2.75, 3.05) is 6.61 Å². The van der Waals surface area contributed by atoms with E-state index < -0.39 is 5.97 Å². The maximum Gasteiger partial charge on any atom is 0.343 e. The summed E-state index contributed by atoms with van der Waals surface area (Å²) < 4.78 is 10.9. The highest BCUT2D eigenvalue weighted by atomic mass is 16.5. The maximum absolute atomic E-state index is 12.2. The zero-order valence-corrected chi connectivity index (χ0v) is 17.5. The summed E-state index contributed by atoms with van der Waals surface area (Å²) in [4.78, 5) is 24.4. The van der Waals surface area contributed by atoms with Crippen LogP contribution in [0.15, 0.2) is 77.9 Å². The number of amides is 1. The molecular formula is C25H24N2O4. The van der Waals surface area contributed by atoms with Gasteiger partial charge in [0.25, 0.3) is 5.91 Å². The molecule has 0 aliphatic rings. The number of esters is 1. The first-order chi connectivity index (χ1) is 15.0. The molecule has 0 bridgehead atoms. The van der Waals surface area contributed by atoms with E-state index in [2.05, 4.69) is 10.5 Å². The molecule has 0 aromatic heterocycles. The van der Waals surface area contributed by atoms with E-state index in [9.17, 15) is 9.59 Å². The van der Waals surface area contributed by atoms with Crippen LogP contribution in [-0.4, -0.2) is 24.7 Å². The van der Waals surface area contributed by atoms with Crippen molar-refractivity contribution in [2.45, 2.75) is 20.3 Å². The molecule has 3 aromatic carbocycles. The van der Waals surface area contributed by atoms with E-state index >= 15 is 0 Å². The zero-order valence-electron chi connectivity index (χ0n) is 17.5. The molecule has 31 heavy (non-hydrogen) atoms. The highest BCUT2D eigenvalue weighted by Gasteiger charge is 2.08. The number of carbonyl (C=O) groups is 2. The Morgan fingerprint density at radius 3 is 2.32 bits per heavy atom. The van der Waals surface area contributed by atoms with Gasteiger partial charge in [0.1, 0.15) is 11.5 Å². The number of nitrogens with one attached hydrogen (secondary N) is 1. The third kappa shape index (κ3) is 6.54. The fourth-order valence-corrected chi connectivity index (χ4v) is 2.71. The van der Waals surface area contributed by atoms with Crippen LogP contribution in [0, 0.1) is 6.92 Å². The van der Waals surface area contributed by atoms with Crippen molar-refractivity contribution in [2.24, 2.45) is 5.10 Å². The van der Waals surface area contributed by atoms with Crippen LogP contribution in [0.25, 0.3) is 0 Å². The van der Waals surface area contributed by atoms with E-state index in [1.165, 1.54) is 6.21 Å². The zero-order chi connectivity index (χ0) is 22.1. The molecule has 158 valence electrons. The van der Waals surface area contributed by atoms with Gasteiger partial charge >= 0.3 is 5.97 Å². The number of aryl methyl sites for hydroxylation is 1. The van der Waals surface area contributed by atoms with Crippen molar-refractivity contribution >= 4 is 18.1 Å². The van der Waals surface area contributed by atoms with E-state index in [1.807, 2.05) is 26.0 Å². The largest absolute Gasteiger partial charge is 0.494 e. The Balaban J connectivity index is 1.52. The highest BCUT2D eigenvalue weighted by Crippen LogP contribution is 2.15. The first kappa shape index (κ1) is 21.8. The van der Waals surface area contributed by atoms with Crippen molar-refractivity contribution in [3.8, 4) is 11.5 Å². The topological polar surface area (TPSA) is 77.0 Å². The van der Waals surface area contributed by atoms with Gasteiger partial charge in [-0.3, -0.25) is 4.79 Å². The molecule has 6 heteroatoms. The molecular weight excluding hydrogens is 392 g/mol. The summed E-state index contributed by atoms with van der Waals surface area (Å²) in [5.74, 6) is 0.425. The number of ether oxygens (including phenoxy) is 2. The van der Waals surface area contributed by atoms with Crippen molar-refractivity contribution in [1.82, 2.24) is 5.43 Å². The fourth-order valence-electron chi connectivity index (χ4n) is 2.71. The Hall–Kier alpha value is -3.93. The van der Waals surface area contributed by atoms with E-state index in [0.717, 1.165) is 23.3 Å². The molecule has 0 saturated carbocycles. The second kappa shape index (κ2) is 10.7. The number of hydrogen-bond acceptors (Lipinski definition) is 5. The third-order valence-corrected chi connectivity index (χ3v) is 4.31. The predicted octanol–water partition coefficient (Wildman–Crippen LogP) is 4.77. The average molecular weight is 416 g/mol. The molecule has 0 unspecified atom stereocenters. The van der Waals surface area contributed by atoms with Gasteiger partial charge in [-0.2, -0.15) is 5.10 Å². The summed E-state index contributed by atoms with van der Waals surface area (Å²) in [6.45, 7) is 4.59. The molecule has 0 aliphatic carbocycles. The molecule has 6 nitrogen and oxygen atoms in total. The van der Waals surface area contributed by atoms with E-state index in [-0.39, 0.29) is 5.91 Å². The smallest absolute Gasteiger partial charge is 0.343 e. The molecule has 1 N–H and O–H groups in total. The van der Waals surface area contributed by atoms with Gasteiger partial charge in [-0.1, -0.05) is 24.6 Å². The van der Waals surface area contributed by atoms with Crippen LogP contribution in [-0.2, 0) is 0 Å². The normalized spacial score (nSPS) is 10.6. The molecule has 3 rings (SSSR count). The SMILES string of the molecule is CCCOc1ccc(C(=O)NN=Cc2ccc(OC(=O)c3cccc(C)c3)cc2)cc1. The van der Waals surface area contributed by atoms with Gasteiger partial charge in [0, 0.05) is 5.56 Å². The Labute approximate surface area is 181 Å². The lowest BCUT2D eigenvalue weighted by atomic mass is 10.1. The number of rotatable bonds is 8. The van der Waals surface area contributed by atoms with E-state index in [0.29, 0.717) is 23.5 Å². The third-order valence-electron chi connectivity index (χ3n) is 4.31. The summed E-state index contributed by atoms with van der Waals surface area (Å²) in [5.41, 5.74) is 5.21. The first-order valence-corrected chi connectivity index (χ1v) is 10.0. The Bertz CT molecular complexity index is 1060. The Morgan fingerprint density at radius 2 is 1.65 bits per heavy atom. The molecule has 3 aromatic rings. The minimum absolute atomic E-state index is 0.318. The fraction of sp³-hybridized carbons (Fsp3) is 0.160.